The lowest BCUT2D eigenvalue weighted by molar-refractivity contribution is 0.385. The van der Waals surface area contributed by atoms with Crippen LogP contribution in [0, 0.1) is 0 Å². The summed E-state index contributed by atoms with van der Waals surface area (Å²) in [5.41, 5.74) is 7.05. The molecule has 1 aliphatic rings. The van der Waals surface area contributed by atoms with Gasteiger partial charge in [-0.3, -0.25) is 0 Å². The standard InChI is InChI=1S/C13H19ClN2/c1-16(11-8-6-10(15)7-9-11)13-5-3-2-4-12(13)14/h2-5,10-11H,6-9,15H2,1H3. The molecule has 0 bridgehead atoms. The highest BCUT2D eigenvalue weighted by molar-refractivity contribution is 6.33. The maximum Gasteiger partial charge on any atom is 0.0639 e. The lowest BCUT2D eigenvalue weighted by Crippen LogP contribution is -2.38. The second-order valence-corrected chi connectivity index (χ2v) is 5.04. The average molecular weight is 239 g/mol. The monoisotopic (exact) mass is 238 g/mol. The van der Waals surface area contributed by atoms with Crippen molar-refractivity contribution in [2.24, 2.45) is 5.73 Å². The highest BCUT2D eigenvalue weighted by Crippen LogP contribution is 2.30. The van der Waals surface area contributed by atoms with Crippen molar-refractivity contribution < 1.29 is 0 Å². The minimum atomic E-state index is 0.399. The molecule has 1 aliphatic carbocycles. The molecule has 0 aromatic heterocycles. The Labute approximate surface area is 102 Å². The molecule has 0 saturated heterocycles. The van der Waals surface area contributed by atoms with Gasteiger partial charge in [0.15, 0.2) is 0 Å². The minimum absolute atomic E-state index is 0.399. The topological polar surface area (TPSA) is 29.3 Å². The van der Waals surface area contributed by atoms with Gasteiger partial charge in [0.2, 0.25) is 0 Å². The molecule has 0 radical (unpaired) electrons. The van der Waals surface area contributed by atoms with E-state index in [4.69, 9.17) is 17.3 Å². The summed E-state index contributed by atoms with van der Waals surface area (Å²) >= 11 is 6.20. The largest absolute Gasteiger partial charge is 0.370 e. The van der Waals surface area contributed by atoms with Crippen LogP contribution in [0.4, 0.5) is 5.69 Å². The fourth-order valence-corrected chi connectivity index (χ4v) is 2.69. The van der Waals surface area contributed by atoms with Crippen LogP contribution in [0.5, 0.6) is 0 Å². The summed E-state index contributed by atoms with van der Waals surface area (Å²) in [7, 11) is 2.13. The predicted molar refractivity (Wildman–Crippen MR) is 70.1 cm³/mol. The summed E-state index contributed by atoms with van der Waals surface area (Å²) in [6, 6.07) is 9.01. The molecule has 1 saturated carbocycles. The van der Waals surface area contributed by atoms with E-state index in [9.17, 15) is 0 Å². The molecule has 1 fully saturated rings. The number of nitrogens with two attached hydrogens (primary N) is 1. The van der Waals surface area contributed by atoms with Gasteiger partial charge in [-0.25, -0.2) is 0 Å². The average Bonchev–Trinajstić information content (AvgIpc) is 2.30. The molecule has 16 heavy (non-hydrogen) atoms. The van der Waals surface area contributed by atoms with Gasteiger partial charge in [0.05, 0.1) is 10.7 Å². The van der Waals surface area contributed by atoms with Gasteiger partial charge in [0, 0.05) is 19.1 Å². The van der Waals surface area contributed by atoms with Crippen molar-refractivity contribution in [3.8, 4) is 0 Å². The Morgan fingerprint density at radius 3 is 2.44 bits per heavy atom. The second kappa shape index (κ2) is 5.07. The third-order valence-electron chi connectivity index (χ3n) is 3.52. The summed E-state index contributed by atoms with van der Waals surface area (Å²) in [5.74, 6) is 0. The van der Waals surface area contributed by atoms with E-state index in [2.05, 4.69) is 18.0 Å². The van der Waals surface area contributed by atoms with Gasteiger partial charge >= 0.3 is 0 Å². The molecule has 0 amide bonds. The van der Waals surface area contributed by atoms with Crippen LogP contribution in [0.25, 0.3) is 0 Å². The number of nitrogens with zero attached hydrogens (tertiary/aromatic N) is 1. The van der Waals surface area contributed by atoms with E-state index in [1.807, 2.05) is 18.2 Å². The Morgan fingerprint density at radius 1 is 1.19 bits per heavy atom. The molecule has 0 unspecified atom stereocenters. The lowest BCUT2D eigenvalue weighted by atomic mass is 9.91. The fraction of sp³-hybridized carbons (Fsp3) is 0.538. The molecule has 3 heteroatoms. The van der Waals surface area contributed by atoms with E-state index in [1.54, 1.807) is 0 Å². The molecule has 2 nitrogen and oxygen atoms in total. The van der Waals surface area contributed by atoms with Crippen molar-refractivity contribution >= 4 is 17.3 Å². The normalized spacial score (nSPS) is 25.4. The first-order valence-corrected chi connectivity index (χ1v) is 6.29. The first kappa shape index (κ1) is 11.7. The third kappa shape index (κ3) is 2.50. The van der Waals surface area contributed by atoms with E-state index in [-0.39, 0.29) is 0 Å². The molecular weight excluding hydrogens is 220 g/mol. The Hall–Kier alpha value is -0.730. The SMILES string of the molecule is CN(c1ccccc1Cl)C1CCC(N)CC1. The van der Waals surface area contributed by atoms with E-state index >= 15 is 0 Å². The van der Waals surface area contributed by atoms with Crippen LogP contribution in [-0.4, -0.2) is 19.1 Å². The Kier molecular flexibility index (Phi) is 3.72. The van der Waals surface area contributed by atoms with E-state index in [0.29, 0.717) is 12.1 Å². The van der Waals surface area contributed by atoms with Crippen molar-refractivity contribution in [3.63, 3.8) is 0 Å². The number of hydrogen-bond acceptors (Lipinski definition) is 2. The molecule has 0 aliphatic heterocycles. The van der Waals surface area contributed by atoms with Gasteiger partial charge in [0.25, 0.3) is 0 Å². The van der Waals surface area contributed by atoms with Crippen molar-refractivity contribution in [1.82, 2.24) is 0 Å². The molecule has 2 N–H and O–H groups in total. The molecule has 1 aromatic rings. The molecule has 88 valence electrons. The van der Waals surface area contributed by atoms with E-state index < -0.39 is 0 Å². The highest BCUT2D eigenvalue weighted by atomic mass is 35.5. The first-order chi connectivity index (χ1) is 7.68. The molecule has 0 heterocycles. The predicted octanol–water partition coefficient (Wildman–Crippen LogP) is 3.05. The first-order valence-electron chi connectivity index (χ1n) is 5.91. The summed E-state index contributed by atoms with van der Waals surface area (Å²) in [5, 5.41) is 0.833. The number of halogens is 1. The van der Waals surface area contributed by atoms with Crippen molar-refractivity contribution in [1.29, 1.82) is 0 Å². The van der Waals surface area contributed by atoms with Crippen molar-refractivity contribution in [2.45, 2.75) is 37.8 Å². The maximum absolute atomic E-state index is 6.20. The summed E-state index contributed by atoms with van der Waals surface area (Å²) in [6.45, 7) is 0. The zero-order valence-corrected chi connectivity index (χ0v) is 10.5. The smallest absolute Gasteiger partial charge is 0.0639 e. The highest BCUT2D eigenvalue weighted by Gasteiger charge is 2.22. The minimum Gasteiger partial charge on any atom is -0.370 e. The number of benzene rings is 1. The van der Waals surface area contributed by atoms with Crippen LogP contribution in [0.1, 0.15) is 25.7 Å². The van der Waals surface area contributed by atoms with Crippen LogP contribution in [0.2, 0.25) is 5.02 Å². The van der Waals surface area contributed by atoms with Crippen LogP contribution >= 0.6 is 11.6 Å². The number of para-hydroxylation sites is 1. The van der Waals surface area contributed by atoms with Crippen molar-refractivity contribution in [3.05, 3.63) is 29.3 Å². The maximum atomic E-state index is 6.20. The number of hydrogen-bond donors (Lipinski definition) is 1. The summed E-state index contributed by atoms with van der Waals surface area (Å²) < 4.78 is 0. The number of anilines is 1. The third-order valence-corrected chi connectivity index (χ3v) is 3.84. The van der Waals surface area contributed by atoms with Gasteiger partial charge in [0.1, 0.15) is 0 Å². The van der Waals surface area contributed by atoms with Crippen molar-refractivity contribution in [2.75, 3.05) is 11.9 Å². The second-order valence-electron chi connectivity index (χ2n) is 4.63. The molecule has 0 spiro atoms. The molecule has 0 atom stereocenters. The molecular formula is C13H19ClN2. The van der Waals surface area contributed by atoms with E-state index in [0.717, 1.165) is 23.6 Å². The van der Waals surface area contributed by atoms with Gasteiger partial charge in [-0.1, -0.05) is 23.7 Å². The van der Waals surface area contributed by atoms with Gasteiger partial charge < -0.3 is 10.6 Å². The molecule has 1 aromatic carbocycles. The lowest BCUT2D eigenvalue weighted by Gasteiger charge is -2.35. The van der Waals surface area contributed by atoms with Crippen LogP contribution < -0.4 is 10.6 Å². The van der Waals surface area contributed by atoms with Crippen LogP contribution in [0.15, 0.2) is 24.3 Å². The molecule has 2 rings (SSSR count). The Morgan fingerprint density at radius 2 is 1.81 bits per heavy atom. The fourth-order valence-electron chi connectivity index (χ4n) is 2.42. The van der Waals surface area contributed by atoms with Crippen LogP contribution in [0.3, 0.4) is 0 Å². The zero-order chi connectivity index (χ0) is 11.5. The van der Waals surface area contributed by atoms with Gasteiger partial charge in [-0.05, 0) is 37.8 Å². The Bertz CT molecular complexity index is 346. The van der Waals surface area contributed by atoms with Gasteiger partial charge in [-0.15, -0.1) is 0 Å². The van der Waals surface area contributed by atoms with E-state index in [1.165, 1.54) is 12.8 Å². The quantitative estimate of drug-likeness (QED) is 0.858. The van der Waals surface area contributed by atoms with Crippen LogP contribution in [-0.2, 0) is 0 Å². The number of rotatable bonds is 2. The van der Waals surface area contributed by atoms with Gasteiger partial charge in [-0.2, -0.15) is 0 Å². The Balaban J connectivity index is 2.07. The zero-order valence-electron chi connectivity index (χ0n) is 9.70. The summed E-state index contributed by atoms with van der Waals surface area (Å²) in [6.07, 6.45) is 4.59. The summed E-state index contributed by atoms with van der Waals surface area (Å²) in [4.78, 5) is 2.30.